The number of carbonyl (C=O) groups is 6. The number of carboxylic acid groups (broad SMARTS) is 1. The van der Waals surface area contributed by atoms with Crippen LogP contribution in [0.2, 0.25) is 0 Å². The van der Waals surface area contributed by atoms with E-state index in [0.717, 1.165) is 102 Å². The summed E-state index contributed by atoms with van der Waals surface area (Å²) in [6.45, 7) is 27.1. The van der Waals surface area contributed by atoms with Crippen molar-refractivity contribution in [3.63, 3.8) is 0 Å². The minimum Gasteiger partial charge on any atom is -0.478 e. The van der Waals surface area contributed by atoms with Crippen molar-refractivity contribution < 1.29 is 96.9 Å². The Kier molecular flexibility index (Phi) is 30.4. The summed E-state index contributed by atoms with van der Waals surface area (Å²) in [7, 11) is 2.17. The lowest BCUT2D eigenvalue weighted by atomic mass is 9.49. The fourth-order valence-electron chi connectivity index (χ4n) is 16.6. The number of hydrogen-bond donors (Lipinski definition) is 2. The number of carboxylic acids is 1. The third-order valence-corrected chi connectivity index (χ3v) is 28.7. The Hall–Kier alpha value is -9.15. The average molecular weight is 2030 g/mol. The molecule has 5 amide bonds. The highest BCUT2D eigenvalue weighted by molar-refractivity contribution is 9.11. The van der Waals surface area contributed by atoms with E-state index in [0.29, 0.717) is 41.9 Å². The maximum Gasteiger partial charge on any atom is 0.495 e. The number of halogens is 11. The standard InChI is InChI=1S/C25H22F2N2O2.C22H26BF2NO3.C16H14BrF2NO.C12H24B2O4.C11H7BrO2.C9H8BrNO.C5H9F2N/c1-28-15-19-14-17(5-8-22(19)24(28)31)20-4-2-3-16-13-18(6-7-21(16)20)23(30)29-11-9-25(26,27)10-12-29;1-20(2)21(3,4)29-23(28-20)18-7-5-6-15-14-16(8-9-17(15)18)19(27)26-12-10-22(24,25)11-13-26;17-14-3-1-2-11-10-12(4-5-13(11)14)15(21)20-8-6-16(18,19)7-9-20;1-9(2)10(3,4)16-13(15-9)14-17-11(5,6)12(7,8)18-14;12-10-3-1-2-7-6-8(11(13)14)4-5-9(7)10;1-11-5-6-4-7(10)2-3-8(6)9(11)12;6-5(7)1-3-8-4-2-5/h2-8,13-14H,9-12,15H2,1H3;5-9,14H,10-13H2,1-4H3;1-5,10H,6-9H2;1-8H3;1-6H,(H,13,14);2-4H,5H2,1H3;8H,1-4H2. The number of nitrogens with zero attached hydrogens (tertiary/aromatic N) is 5. The molecule has 704 valence electrons. The first kappa shape index (κ1) is 101. The molecule has 9 aliphatic rings. The highest BCUT2D eigenvalue weighted by Gasteiger charge is 2.64. The van der Waals surface area contributed by atoms with Gasteiger partial charge in [0.05, 0.1) is 39.2 Å². The summed E-state index contributed by atoms with van der Waals surface area (Å²) in [5.41, 5.74) is 6.22. The first-order valence-corrected chi connectivity index (χ1v) is 46.9. The molecule has 9 aliphatic heterocycles. The summed E-state index contributed by atoms with van der Waals surface area (Å²) in [5, 5.41) is 19.4. The molecule has 2 N–H and O–H groups in total. The van der Waals surface area contributed by atoms with E-state index in [-0.39, 0.29) is 143 Å². The Bertz CT molecular complexity index is 5950. The van der Waals surface area contributed by atoms with Crippen LogP contribution in [0.25, 0.3) is 54.2 Å². The molecule has 19 rings (SSSR count). The van der Waals surface area contributed by atoms with Gasteiger partial charge in [-0.05, 0) is 245 Å². The van der Waals surface area contributed by atoms with Gasteiger partial charge in [0.2, 0.25) is 0 Å². The molecule has 0 aliphatic carbocycles. The molecule has 0 atom stereocenters. The fraction of sp³-hybridized carbons (Fsp3) is 0.420. The van der Waals surface area contributed by atoms with Crippen molar-refractivity contribution in [1.29, 1.82) is 0 Å². The SMILES string of the molecule is CC1(C)OB(B2OC(C)(C)C(C)(C)O2)OC1(C)C.CC1(C)OB(c2cccc3cc(C(=O)N4CCC(F)(F)CC4)ccc23)OC1(C)C.CN1Cc2cc(-c3cccc4cc(C(=O)N5CCC(F)(F)CC5)ccc34)ccc2C1=O.CN1Cc2cc(Br)ccc2C1=O.FC1(F)CCNCC1.O=C(O)c1ccc2c(Br)cccc2c1.O=C(c1ccc2c(Br)cccc2c1)N1CCC(F)(F)CC1. The number of carbonyl (C=O) groups excluding carboxylic acids is 5. The first-order chi connectivity index (χ1) is 62.2. The lowest BCUT2D eigenvalue weighted by molar-refractivity contribution is -0.0503. The molecule has 0 aromatic heterocycles. The van der Waals surface area contributed by atoms with Gasteiger partial charge in [0.1, 0.15) is 0 Å². The number of rotatable bonds is 7. The Balaban J connectivity index is 0.000000137. The summed E-state index contributed by atoms with van der Waals surface area (Å²) in [5.74, 6) is -11.7. The van der Waals surface area contributed by atoms with Crippen LogP contribution in [-0.4, -0.2) is 210 Å². The van der Waals surface area contributed by atoms with E-state index in [1.165, 1.54) is 14.7 Å². The monoisotopic (exact) mass is 2020 g/mol. The number of hydrogen-bond acceptors (Lipinski definition) is 13. The quantitative estimate of drug-likeness (QED) is 0.112. The second kappa shape index (κ2) is 39.9. The molecular formula is C100H110B3Br3F8N6O13. The Morgan fingerprint density at radius 1 is 0.361 bits per heavy atom. The zero-order valence-electron chi connectivity index (χ0n) is 77.0. The average Bonchev–Trinajstić information content (AvgIpc) is 1.59. The highest BCUT2D eigenvalue weighted by Crippen LogP contribution is 2.45. The van der Waals surface area contributed by atoms with Crippen LogP contribution in [-0.2, 0) is 41.0 Å². The minimum atomic E-state index is -2.68. The molecule has 7 fully saturated rings. The molecule has 0 unspecified atom stereocenters. The molecule has 19 nitrogen and oxygen atoms in total. The number of likely N-dealkylation sites (tertiary alicyclic amines) is 3. The van der Waals surface area contributed by atoms with Gasteiger partial charge in [-0.1, -0.05) is 139 Å². The van der Waals surface area contributed by atoms with Crippen LogP contribution in [0, 0.1) is 0 Å². The number of alkyl halides is 8. The minimum absolute atomic E-state index is 0.00694. The maximum atomic E-state index is 13.4. The third-order valence-electron chi connectivity index (χ3n) is 26.8. The van der Waals surface area contributed by atoms with Crippen molar-refractivity contribution in [2.24, 2.45) is 0 Å². The van der Waals surface area contributed by atoms with Crippen molar-refractivity contribution in [2.45, 2.75) is 205 Å². The third kappa shape index (κ3) is 23.6. The number of fused-ring (bicyclic) bond motifs is 6. The van der Waals surface area contributed by atoms with Crippen LogP contribution in [0.3, 0.4) is 0 Å². The van der Waals surface area contributed by atoms with Crippen LogP contribution < -0.4 is 10.8 Å². The molecule has 9 heterocycles. The van der Waals surface area contributed by atoms with Gasteiger partial charge >= 0.3 is 27.1 Å². The van der Waals surface area contributed by atoms with Gasteiger partial charge in [0.25, 0.3) is 53.2 Å². The van der Waals surface area contributed by atoms with E-state index in [1.54, 1.807) is 47.2 Å². The van der Waals surface area contributed by atoms with E-state index >= 15 is 0 Å². The van der Waals surface area contributed by atoms with E-state index in [4.69, 9.17) is 33.0 Å². The van der Waals surface area contributed by atoms with Crippen molar-refractivity contribution in [1.82, 2.24) is 29.8 Å². The van der Waals surface area contributed by atoms with E-state index in [1.807, 2.05) is 236 Å². The number of aromatic carboxylic acids is 1. The molecule has 10 aromatic carbocycles. The van der Waals surface area contributed by atoms with Crippen molar-refractivity contribution >= 4 is 153 Å². The molecule has 7 saturated heterocycles. The van der Waals surface area contributed by atoms with E-state index in [2.05, 4.69) is 59.2 Å². The topological polar surface area (TPSA) is 206 Å². The summed E-state index contributed by atoms with van der Waals surface area (Å²) in [4.78, 5) is 80.3. The summed E-state index contributed by atoms with van der Waals surface area (Å²) >= 11 is 10.3. The molecule has 10 aromatic rings. The first-order valence-electron chi connectivity index (χ1n) is 44.5. The Morgan fingerprint density at radius 3 is 1.08 bits per heavy atom. The van der Waals surface area contributed by atoms with Crippen molar-refractivity contribution in [3.05, 3.63) is 240 Å². The molecule has 0 bridgehead atoms. The molecular weight excluding hydrogens is 1920 g/mol. The highest BCUT2D eigenvalue weighted by atomic mass is 79.9. The number of nitrogens with one attached hydrogen (secondary N) is 1. The Labute approximate surface area is 796 Å². The summed E-state index contributed by atoms with van der Waals surface area (Å²) in [6, 6.07) is 56.4. The van der Waals surface area contributed by atoms with Gasteiger partial charge in [-0.2, -0.15) is 0 Å². The lowest BCUT2D eigenvalue weighted by Crippen LogP contribution is -2.42. The molecule has 0 spiro atoms. The molecule has 33 heteroatoms. The van der Waals surface area contributed by atoms with Gasteiger partial charge in [0, 0.05) is 172 Å². The Morgan fingerprint density at radius 2 is 0.684 bits per heavy atom. The zero-order chi connectivity index (χ0) is 96.7. The molecule has 133 heavy (non-hydrogen) atoms. The smallest absolute Gasteiger partial charge is 0.478 e. The molecule has 0 saturated carbocycles. The fourth-order valence-corrected chi connectivity index (χ4v) is 18.0. The van der Waals surface area contributed by atoms with Crippen LogP contribution in [0.1, 0.15) is 208 Å². The largest absolute Gasteiger partial charge is 0.495 e. The maximum absolute atomic E-state index is 13.4. The van der Waals surface area contributed by atoms with Gasteiger partial charge in [-0.25, -0.2) is 39.9 Å². The number of amides is 5. The van der Waals surface area contributed by atoms with Gasteiger partial charge in [0.15, 0.2) is 0 Å². The van der Waals surface area contributed by atoms with Gasteiger partial charge < -0.3 is 62.8 Å². The van der Waals surface area contributed by atoms with E-state index < -0.39 is 62.0 Å². The van der Waals surface area contributed by atoms with Crippen LogP contribution in [0.4, 0.5) is 35.1 Å². The lowest BCUT2D eigenvalue weighted by Gasteiger charge is -2.32. The van der Waals surface area contributed by atoms with Crippen LogP contribution >= 0.6 is 47.8 Å². The zero-order valence-corrected chi connectivity index (χ0v) is 81.8. The number of benzene rings is 10. The summed E-state index contributed by atoms with van der Waals surface area (Å²) < 4.78 is 143. The second-order valence-corrected chi connectivity index (χ2v) is 40.7. The van der Waals surface area contributed by atoms with Crippen molar-refractivity contribution in [2.75, 3.05) is 66.5 Å². The van der Waals surface area contributed by atoms with Gasteiger partial charge in [-0.3, -0.25) is 24.0 Å². The van der Waals surface area contributed by atoms with Crippen LogP contribution in [0.5, 0.6) is 0 Å². The van der Waals surface area contributed by atoms with Gasteiger partial charge in [-0.15, -0.1) is 0 Å². The predicted molar refractivity (Wildman–Crippen MR) is 515 cm³/mol. The normalized spacial score (nSPS) is 20.4. The molecule has 0 radical (unpaired) electrons. The van der Waals surface area contributed by atoms with Crippen LogP contribution in [0.15, 0.2) is 195 Å². The van der Waals surface area contributed by atoms with Crippen molar-refractivity contribution in [3.8, 4) is 11.1 Å². The second-order valence-electron chi connectivity index (χ2n) is 38.1. The van der Waals surface area contributed by atoms with E-state index in [9.17, 15) is 63.9 Å². The summed E-state index contributed by atoms with van der Waals surface area (Å²) in [6.07, 6.45) is -1.62. The predicted octanol–water partition coefficient (Wildman–Crippen LogP) is 22.0. The number of piperidine rings is 4.